The number of fused-ring (bicyclic) bond motifs is 1. The molecule has 3 heterocycles. The van der Waals surface area contributed by atoms with Gasteiger partial charge in [0.2, 0.25) is 5.95 Å². The van der Waals surface area contributed by atoms with Crippen LogP contribution in [0.3, 0.4) is 0 Å². The summed E-state index contributed by atoms with van der Waals surface area (Å²) in [5, 5.41) is 2.81. The van der Waals surface area contributed by atoms with E-state index >= 15 is 0 Å². The van der Waals surface area contributed by atoms with Gasteiger partial charge in [-0.1, -0.05) is 62.7 Å². The molecule has 0 spiro atoms. The van der Waals surface area contributed by atoms with E-state index in [4.69, 9.17) is 23.1 Å². The predicted octanol–water partition coefficient (Wildman–Crippen LogP) is 6.61. The minimum absolute atomic E-state index is 0.0591. The molecule has 5 aromatic rings. The monoisotopic (exact) mass is 534 g/mol. The third-order valence-electron chi connectivity index (χ3n) is 5.54. The molecule has 0 bridgehead atoms. The molecule has 4 N–H and O–H groups in total. The molecule has 0 amide bonds. The first-order valence-electron chi connectivity index (χ1n) is 12.0. The van der Waals surface area contributed by atoms with Crippen LogP contribution in [0.25, 0.3) is 27.0 Å². The van der Waals surface area contributed by atoms with E-state index in [0.717, 1.165) is 39.5 Å². The number of para-hydroxylation sites is 1. The van der Waals surface area contributed by atoms with Crippen LogP contribution in [-0.4, -0.2) is 19.5 Å². The summed E-state index contributed by atoms with van der Waals surface area (Å²) in [6, 6.07) is 17.3. The number of benzene rings is 2. The van der Waals surface area contributed by atoms with Crippen molar-refractivity contribution in [3.05, 3.63) is 92.4 Å². The summed E-state index contributed by atoms with van der Waals surface area (Å²) in [6.45, 7) is 10.0. The normalized spacial score (nSPS) is 10.3. The van der Waals surface area contributed by atoms with E-state index in [1.54, 1.807) is 28.2 Å². The summed E-state index contributed by atoms with van der Waals surface area (Å²) >= 11 is 7.78. The van der Waals surface area contributed by atoms with E-state index in [-0.39, 0.29) is 11.5 Å². The number of nitrogens with two attached hydrogens (primary N) is 2. The van der Waals surface area contributed by atoms with Crippen molar-refractivity contribution in [1.82, 2.24) is 19.5 Å². The molecule has 0 fully saturated rings. The van der Waals surface area contributed by atoms with E-state index in [9.17, 15) is 4.79 Å². The molecule has 7 nitrogen and oxygen atoms in total. The fraction of sp³-hybridized carbons (Fsp3) is 0.214. The maximum absolute atomic E-state index is 12.8. The number of thiazole rings is 1. The highest BCUT2D eigenvalue weighted by Gasteiger charge is 2.12. The van der Waals surface area contributed by atoms with Gasteiger partial charge in [0, 0.05) is 22.5 Å². The smallest absolute Gasteiger partial charge is 0.264 e. The Morgan fingerprint density at radius 1 is 1.00 bits per heavy atom. The molecule has 0 saturated carbocycles. The summed E-state index contributed by atoms with van der Waals surface area (Å²) in [4.78, 5) is 26.2. The van der Waals surface area contributed by atoms with Crippen LogP contribution in [-0.2, 0) is 6.42 Å². The van der Waals surface area contributed by atoms with Gasteiger partial charge in [-0.05, 0) is 49.9 Å². The molecule has 0 radical (unpaired) electrons. The van der Waals surface area contributed by atoms with Crippen molar-refractivity contribution in [3.63, 3.8) is 0 Å². The molecule has 0 unspecified atom stereocenters. The van der Waals surface area contributed by atoms with Crippen LogP contribution in [0.1, 0.15) is 37.0 Å². The zero-order valence-corrected chi connectivity index (χ0v) is 23.2. The van der Waals surface area contributed by atoms with E-state index in [1.807, 2.05) is 83.1 Å². The number of nitrogens with zero attached hydrogens (tertiary/aromatic N) is 4. The Balaban J connectivity index is 0.000000200. The van der Waals surface area contributed by atoms with Gasteiger partial charge in [-0.3, -0.25) is 9.36 Å². The second-order valence-electron chi connectivity index (χ2n) is 7.86. The molecule has 0 aliphatic carbocycles. The van der Waals surface area contributed by atoms with Gasteiger partial charge in [0.1, 0.15) is 10.8 Å². The number of rotatable bonds is 3. The Morgan fingerprint density at radius 2 is 1.70 bits per heavy atom. The van der Waals surface area contributed by atoms with E-state index in [2.05, 4.69) is 15.0 Å². The van der Waals surface area contributed by atoms with Crippen LogP contribution in [0.15, 0.2) is 65.6 Å². The number of pyridine rings is 1. The van der Waals surface area contributed by atoms with E-state index in [0.29, 0.717) is 16.2 Å². The summed E-state index contributed by atoms with van der Waals surface area (Å²) in [5.41, 5.74) is 14.7. The molecule has 2 aromatic carbocycles. The second kappa shape index (κ2) is 12.5. The lowest BCUT2D eigenvalue weighted by atomic mass is 10.1. The van der Waals surface area contributed by atoms with Gasteiger partial charge in [-0.15, -0.1) is 11.3 Å². The van der Waals surface area contributed by atoms with Crippen LogP contribution in [0, 0.1) is 13.8 Å². The molecule has 9 heteroatoms. The summed E-state index contributed by atoms with van der Waals surface area (Å²) in [6.07, 6.45) is 2.39. The maximum atomic E-state index is 12.8. The van der Waals surface area contributed by atoms with E-state index in [1.165, 1.54) is 4.88 Å². The van der Waals surface area contributed by atoms with Gasteiger partial charge in [0.05, 0.1) is 21.7 Å². The largest absolute Gasteiger partial charge is 0.383 e. The Bertz CT molecular complexity index is 1540. The minimum Gasteiger partial charge on any atom is -0.383 e. The Hall–Kier alpha value is -3.75. The standard InChI is InChI=1S/C17H14ClNO.C9H11N5S.C2H6/c1-2-13-11-12-7-6-10-15(18)16(12)17(20)19(13)14-8-4-3-5-9-14;1-4-5(2)15-8(13-4)6-3-12-9(11)14-7(6)10;1-2/h3-11H,2H2,1H3;3H,1-2H3,(H4,10,11,12,14);1-2H3. The first-order valence-corrected chi connectivity index (χ1v) is 13.2. The first-order chi connectivity index (χ1) is 17.8. The van der Waals surface area contributed by atoms with Crippen LogP contribution in [0.4, 0.5) is 11.8 Å². The van der Waals surface area contributed by atoms with Gasteiger partial charge in [0.25, 0.3) is 5.56 Å². The van der Waals surface area contributed by atoms with Crippen LogP contribution >= 0.6 is 22.9 Å². The van der Waals surface area contributed by atoms with Gasteiger partial charge < -0.3 is 11.5 Å². The van der Waals surface area contributed by atoms with Crippen molar-refractivity contribution in [2.75, 3.05) is 11.5 Å². The van der Waals surface area contributed by atoms with Crippen LogP contribution in [0.5, 0.6) is 0 Å². The fourth-order valence-corrected chi connectivity index (χ4v) is 4.85. The lowest BCUT2D eigenvalue weighted by Crippen LogP contribution is -2.22. The van der Waals surface area contributed by atoms with Gasteiger partial charge in [0.15, 0.2) is 0 Å². The molecular weight excluding hydrogens is 504 g/mol. The lowest BCUT2D eigenvalue weighted by molar-refractivity contribution is 0.889. The molecule has 0 saturated heterocycles. The van der Waals surface area contributed by atoms with Crippen molar-refractivity contribution in [2.45, 2.75) is 41.0 Å². The van der Waals surface area contributed by atoms with Gasteiger partial charge >= 0.3 is 0 Å². The van der Waals surface area contributed by atoms with Crippen LogP contribution < -0.4 is 17.0 Å². The van der Waals surface area contributed by atoms with Crippen molar-refractivity contribution < 1.29 is 0 Å². The van der Waals surface area contributed by atoms with Crippen molar-refractivity contribution in [1.29, 1.82) is 0 Å². The highest BCUT2D eigenvalue weighted by molar-refractivity contribution is 7.15. The van der Waals surface area contributed by atoms with Crippen molar-refractivity contribution >= 4 is 45.5 Å². The number of halogens is 1. The molecular formula is C28H31ClN6OS. The molecule has 5 rings (SSSR count). The maximum Gasteiger partial charge on any atom is 0.264 e. The molecule has 0 atom stereocenters. The third kappa shape index (κ3) is 6.15. The highest BCUT2D eigenvalue weighted by atomic mass is 35.5. The quantitative estimate of drug-likeness (QED) is 0.269. The topological polar surface area (TPSA) is 113 Å². The van der Waals surface area contributed by atoms with Crippen molar-refractivity contribution in [2.24, 2.45) is 0 Å². The number of aromatic nitrogens is 4. The lowest BCUT2D eigenvalue weighted by Gasteiger charge is -2.14. The number of hydrogen-bond acceptors (Lipinski definition) is 7. The second-order valence-corrected chi connectivity index (χ2v) is 9.47. The first kappa shape index (κ1) is 27.8. The Kier molecular flexibility index (Phi) is 9.38. The Labute approximate surface area is 225 Å². The number of aryl methyl sites for hydroxylation is 3. The molecule has 192 valence electrons. The van der Waals surface area contributed by atoms with Gasteiger partial charge in [-0.25, -0.2) is 9.97 Å². The molecule has 0 aliphatic heterocycles. The van der Waals surface area contributed by atoms with Crippen molar-refractivity contribution in [3.8, 4) is 16.3 Å². The Morgan fingerprint density at radius 3 is 2.30 bits per heavy atom. The highest BCUT2D eigenvalue weighted by Crippen LogP contribution is 2.30. The summed E-state index contributed by atoms with van der Waals surface area (Å²) in [7, 11) is 0. The predicted molar refractivity (Wildman–Crippen MR) is 157 cm³/mol. The SMILES string of the molecule is CC.CCc1cc2cccc(Cl)c2c(=O)n1-c1ccccc1.Cc1nc(-c2cnc(N)nc2N)sc1C. The summed E-state index contributed by atoms with van der Waals surface area (Å²) < 4.78 is 1.74. The zero-order valence-electron chi connectivity index (χ0n) is 21.6. The number of nitrogen functional groups attached to an aromatic ring is 2. The summed E-state index contributed by atoms with van der Waals surface area (Å²) in [5.74, 6) is 0.553. The fourth-order valence-electron chi connectivity index (χ4n) is 3.66. The molecule has 3 aromatic heterocycles. The molecule has 0 aliphatic rings. The molecule has 37 heavy (non-hydrogen) atoms. The third-order valence-corrected chi connectivity index (χ3v) is 6.97. The van der Waals surface area contributed by atoms with E-state index < -0.39 is 0 Å². The zero-order chi connectivity index (χ0) is 27.1. The average Bonchev–Trinajstić information content (AvgIpc) is 3.23. The van der Waals surface area contributed by atoms with Gasteiger partial charge in [-0.2, -0.15) is 4.98 Å². The minimum atomic E-state index is -0.0591. The number of anilines is 2. The van der Waals surface area contributed by atoms with Crippen LogP contribution in [0.2, 0.25) is 5.02 Å². The number of hydrogen-bond donors (Lipinski definition) is 2. The average molecular weight is 535 g/mol.